The van der Waals surface area contributed by atoms with Crippen LogP contribution in [-0.4, -0.2) is 5.78 Å². The Morgan fingerprint density at radius 2 is 1.18 bits per heavy atom. The summed E-state index contributed by atoms with van der Waals surface area (Å²) in [6.07, 6.45) is 12.1. The summed E-state index contributed by atoms with van der Waals surface area (Å²) in [5.41, 5.74) is 0. The van der Waals surface area contributed by atoms with Crippen LogP contribution in [0, 0.1) is 82.9 Å². The molecule has 6 aliphatic carbocycles. The molecule has 6 rings (SSSR count). The van der Waals surface area contributed by atoms with Gasteiger partial charge in [-0.1, -0.05) is 47.0 Å². The molecule has 0 N–H and O–H groups in total. The second kappa shape index (κ2) is 6.34. The van der Waals surface area contributed by atoms with Crippen LogP contribution >= 0.6 is 0 Å². The monoisotopic (exact) mass is 382 g/mol. The smallest absolute Gasteiger partial charge is 0.140 e. The molecule has 0 aliphatic heterocycles. The number of carbonyl (C=O) groups excluding carboxylic acids is 1. The Balaban J connectivity index is 1.45. The molecule has 6 fully saturated rings. The summed E-state index contributed by atoms with van der Waals surface area (Å²) in [7, 11) is 0. The molecule has 6 saturated carbocycles. The van der Waals surface area contributed by atoms with Crippen LogP contribution < -0.4 is 0 Å². The van der Waals surface area contributed by atoms with Gasteiger partial charge in [-0.05, 0) is 103 Å². The average Bonchev–Trinajstić information content (AvgIpc) is 3.14. The molecule has 0 aromatic rings. The molecule has 0 saturated heterocycles. The maximum absolute atomic E-state index is 13.6. The number of rotatable bonds is 2. The van der Waals surface area contributed by atoms with Gasteiger partial charge in [0.2, 0.25) is 0 Å². The normalized spacial score (nSPS) is 56.9. The molecule has 0 aromatic carbocycles. The van der Waals surface area contributed by atoms with Crippen LogP contribution in [-0.2, 0) is 4.79 Å². The van der Waals surface area contributed by atoms with Gasteiger partial charge in [-0.3, -0.25) is 4.79 Å². The van der Waals surface area contributed by atoms with Gasteiger partial charge in [-0.15, -0.1) is 0 Å². The van der Waals surface area contributed by atoms with Crippen LogP contribution in [0.4, 0.5) is 0 Å². The lowest BCUT2D eigenvalue weighted by molar-refractivity contribution is -0.134. The van der Waals surface area contributed by atoms with Gasteiger partial charge < -0.3 is 0 Å². The first-order valence-electron chi connectivity index (χ1n) is 13.0. The summed E-state index contributed by atoms with van der Waals surface area (Å²) in [5.74, 6) is 12.1. The first kappa shape index (κ1) is 18.4. The largest absolute Gasteiger partial charge is 0.299 e. The van der Waals surface area contributed by atoms with E-state index < -0.39 is 0 Å². The van der Waals surface area contributed by atoms with Crippen molar-refractivity contribution in [2.75, 3.05) is 0 Å². The van der Waals surface area contributed by atoms with Crippen molar-refractivity contribution in [2.24, 2.45) is 82.9 Å². The van der Waals surface area contributed by atoms with Gasteiger partial charge in [-0.25, -0.2) is 0 Å². The Hall–Kier alpha value is -0.330. The van der Waals surface area contributed by atoms with E-state index in [1.165, 1.54) is 32.1 Å². The van der Waals surface area contributed by atoms with E-state index >= 15 is 0 Å². The zero-order chi connectivity index (χ0) is 19.3. The highest BCUT2D eigenvalue weighted by Gasteiger charge is 2.69. The Morgan fingerprint density at radius 3 is 1.86 bits per heavy atom. The van der Waals surface area contributed by atoms with Gasteiger partial charge in [0.15, 0.2) is 0 Å². The van der Waals surface area contributed by atoms with Crippen LogP contribution in [0.2, 0.25) is 0 Å². The highest BCUT2D eigenvalue weighted by atomic mass is 16.1. The number of hydrogen-bond donors (Lipinski definition) is 0. The quantitative estimate of drug-likeness (QED) is 0.535. The summed E-state index contributed by atoms with van der Waals surface area (Å²) in [6, 6.07) is 0. The number of ketones is 1. The Bertz CT molecular complexity index is 649. The minimum Gasteiger partial charge on any atom is -0.299 e. The van der Waals surface area contributed by atoms with Crippen LogP contribution in [0.1, 0.15) is 79.1 Å². The van der Waals surface area contributed by atoms with Crippen LogP contribution in [0.25, 0.3) is 0 Å². The summed E-state index contributed by atoms with van der Waals surface area (Å²) >= 11 is 0. The van der Waals surface area contributed by atoms with Gasteiger partial charge in [-0.2, -0.15) is 0 Å². The van der Waals surface area contributed by atoms with Crippen molar-refractivity contribution in [3.63, 3.8) is 0 Å². The average molecular weight is 383 g/mol. The van der Waals surface area contributed by atoms with Crippen molar-refractivity contribution in [3.8, 4) is 0 Å². The Morgan fingerprint density at radius 1 is 0.607 bits per heavy atom. The summed E-state index contributed by atoms with van der Waals surface area (Å²) in [5, 5.41) is 0. The lowest BCUT2D eigenvalue weighted by Crippen LogP contribution is -2.54. The first-order chi connectivity index (χ1) is 13.5. The van der Waals surface area contributed by atoms with Crippen molar-refractivity contribution in [1.29, 1.82) is 0 Å². The van der Waals surface area contributed by atoms with E-state index in [0.29, 0.717) is 29.5 Å². The van der Waals surface area contributed by atoms with Crippen molar-refractivity contribution >= 4 is 5.78 Å². The predicted octanol–water partition coefficient (Wildman–Crippen LogP) is 6.46. The second-order valence-electron chi connectivity index (χ2n) is 12.8. The third kappa shape index (κ3) is 2.23. The molecule has 12 atom stereocenters. The van der Waals surface area contributed by atoms with E-state index in [2.05, 4.69) is 27.7 Å². The molecule has 0 heterocycles. The maximum atomic E-state index is 13.6. The van der Waals surface area contributed by atoms with E-state index in [-0.39, 0.29) is 0 Å². The number of fused-ring (bicyclic) bond motifs is 3. The molecule has 1 heteroatoms. The fourth-order valence-corrected chi connectivity index (χ4v) is 11.1. The molecule has 28 heavy (non-hydrogen) atoms. The molecule has 12 unspecified atom stereocenters. The van der Waals surface area contributed by atoms with Gasteiger partial charge in [0.25, 0.3) is 0 Å². The van der Waals surface area contributed by atoms with Crippen molar-refractivity contribution < 1.29 is 4.79 Å². The minimum absolute atomic E-state index is 0.381. The predicted molar refractivity (Wildman–Crippen MR) is 113 cm³/mol. The molecule has 156 valence electrons. The van der Waals surface area contributed by atoms with Crippen LogP contribution in [0.15, 0.2) is 0 Å². The second-order valence-corrected chi connectivity index (χ2v) is 12.8. The molecule has 0 amide bonds. The van der Waals surface area contributed by atoms with Crippen LogP contribution in [0.3, 0.4) is 0 Å². The number of Topliss-reactive ketones (excluding diaryl/α,β-unsaturated/α-hetero) is 1. The molecular weight excluding hydrogens is 340 g/mol. The molecule has 0 bridgehead atoms. The van der Waals surface area contributed by atoms with E-state index in [1.807, 2.05) is 0 Å². The Labute approximate surface area is 172 Å². The molecule has 1 nitrogen and oxygen atoms in total. The maximum Gasteiger partial charge on any atom is 0.140 e. The summed E-state index contributed by atoms with van der Waals surface area (Å²) in [6.45, 7) is 9.42. The third-order valence-corrected chi connectivity index (χ3v) is 11.4. The SMILES string of the molecule is CC(C)C1C(=O)C(C(C)C)C2C3CC4CCCC5CCC6CCC(C3C6C54)C12. The molecule has 0 radical (unpaired) electrons. The fraction of sp³-hybridized carbons (Fsp3) is 0.963. The highest BCUT2D eigenvalue weighted by molar-refractivity contribution is 5.87. The number of hydrogen-bond acceptors (Lipinski definition) is 1. The lowest BCUT2D eigenvalue weighted by atomic mass is 9.45. The lowest BCUT2D eigenvalue weighted by Gasteiger charge is -2.60. The zero-order valence-corrected chi connectivity index (χ0v) is 18.6. The standard InChI is InChI=1S/C27H42O/c1-13(2)20-25-18-11-10-16-9-8-15-6-5-7-17-12-19(24(18)23(16)22(15)17)26(25)21(14(3)4)27(20)28/h13-26H,5-12H2,1-4H3. The zero-order valence-electron chi connectivity index (χ0n) is 18.6. The Kier molecular flexibility index (Phi) is 4.17. The first-order valence-corrected chi connectivity index (χ1v) is 13.0. The van der Waals surface area contributed by atoms with E-state index in [9.17, 15) is 4.79 Å². The van der Waals surface area contributed by atoms with Crippen molar-refractivity contribution in [2.45, 2.75) is 79.1 Å². The number of carbonyl (C=O) groups is 1. The third-order valence-electron chi connectivity index (χ3n) is 11.4. The van der Waals surface area contributed by atoms with Crippen molar-refractivity contribution in [1.82, 2.24) is 0 Å². The van der Waals surface area contributed by atoms with Gasteiger partial charge in [0.05, 0.1) is 0 Å². The van der Waals surface area contributed by atoms with Gasteiger partial charge in [0.1, 0.15) is 5.78 Å². The molecular formula is C27H42O. The van der Waals surface area contributed by atoms with Crippen LogP contribution in [0.5, 0.6) is 0 Å². The summed E-state index contributed by atoms with van der Waals surface area (Å²) < 4.78 is 0. The van der Waals surface area contributed by atoms with E-state index in [4.69, 9.17) is 0 Å². The highest BCUT2D eigenvalue weighted by Crippen LogP contribution is 2.72. The molecule has 0 aromatic heterocycles. The minimum atomic E-state index is 0.381. The van der Waals surface area contributed by atoms with Crippen molar-refractivity contribution in [3.05, 3.63) is 0 Å². The van der Waals surface area contributed by atoms with Gasteiger partial charge >= 0.3 is 0 Å². The van der Waals surface area contributed by atoms with E-state index in [0.717, 1.165) is 59.2 Å². The molecule has 6 aliphatic rings. The fourth-order valence-electron chi connectivity index (χ4n) is 11.1. The van der Waals surface area contributed by atoms with Gasteiger partial charge in [0, 0.05) is 11.8 Å². The molecule has 0 spiro atoms. The van der Waals surface area contributed by atoms with E-state index in [1.54, 1.807) is 19.3 Å². The topological polar surface area (TPSA) is 17.1 Å². The summed E-state index contributed by atoms with van der Waals surface area (Å²) in [4.78, 5) is 13.6.